The zero-order valence-electron chi connectivity index (χ0n) is 2.79. The van der Waals surface area contributed by atoms with E-state index < -0.39 is 9.05 Å². The summed E-state index contributed by atoms with van der Waals surface area (Å²) in [7, 11) is -3.24. The maximum absolute atomic E-state index is 9.75. The van der Waals surface area contributed by atoms with Crippen molar-refractivity contribution in [1.29, 1.82) is 0 Å². The van der Waals surface area contributed by atoms with Gasteiger partial charge in [0.05, 0.1) is 0 Å². The molecule has 33 valence electrons. The maximum atomic E-state index is 9.75. The molecule has 0 bridgehead atoms. The van der Waals surface area contributed by atoms with Crippen molar-refractivity contribution in [3.63, 3.8) is 0 Å². The van der Waals surface area contributed by atoms with E-state index >= 15 is 0 Å². The molecule has 0 aliphatic carbocycles. The van der Waals surface area contributed by atoms with Gasteiger partial charge in [-0.2, -0.15) is 0 Å². The van der Waals surface area contributed by atoms with Crippen LogP contribution in [0.3, 0.4) is 0 Å². The Bertz CT molecular complexity index is 111. The molecule has 0 saturated heterocycles. The third-order valence-corrected chi connectivity index (χ3v) is 6.45. The van der Waals surface area contributed by atoms with Gasteiger partial charge < -0.3 is 0 Å². The first kappa shape index (κ1) is 7.23. The fraction of sp³-hybridized carbons (Fsp3) is 0. The van der Waals surface area contributed by atoms with E-state index in [0.717, 1.165) is 0 Å². The average Bonchev–Trinajstić information content (AvgIpc) is 1.35. The molecule has 0 spiro atoms. The molecule has 3 nitrogen and oxygen atoms in total. The first-order valence-corrected chi connectivity index (χ1v) is 5.58. The van der Waals surface area contributed by atoms with Crippen molar-refractivity contribution in [2.24, 2.45) is 0 Å². The van der Waals surface area contributed by atoms with Gasteiger partial charge in [0.1, 0.15) is 0 Å². The van der Waals surface area contributed by atoms with Crippen molar-refractivity contribution in [2.45, 2.75) is 0 Å². The fourth-order valence-corrected chi connectivity index (χ4v) is 0. The molecule has 0 aliphatic rings. The summed E-state index contributed by atoms with van der Waals surface area (Å²) < 4.78 is 21.8. The van der Waals surface area contributed by atoms with Crippen LogP contribution in [-0.4, -0.2) is 8.76 Å². The Morgan fingerprint density at radius 2 is 2.17 bits per heavy atom. The van der Waals surface area contributed by atoms with E-state index in [2.05, 4.69) is 13.3 Å². The van der Waals surface area contributed by atoms with Gasteiger partial charge in [0.2, 0.25) is 0 Å². The van der Waals surface area contributed by atoms with Gasteiger partial charge in [-0.15, -0.1) is 0 Å². The summed E-state index contributed by atoms with van der Waals surface area (Å²) in [6, 6.07) is 0. The van der Waals surface area contributed by atoms with E-state index in [0.29, 0.717) is 0 Å². The summed E-state index contributed by atoms with van der Waals surface area (Å²) in [4.78, 5) is 0. The second kappa shape index (κ2) is 2.51. The fourth-order valence-electron chi connectivity index (χ4n) is 0. The van der Waals surface area contributed by atoms with Crippen LogP contribution in [0.5, 0.6) is 0 Å². The molecule has 6 heavy (non-hydrogen) atoms. The Hall–Kier alpha value is 1.23. The average molecular weight is 314 g/mol. The van der Waals surface area contributed by atoms with E-state index in [4.69, 9.17) is 4.55 Å². The molecule has 0 amide bonds. The number of hydrogen-bond donors (Lipinski definition) is 1. The molecule has 0 saturated carbocycles. The molecular formula is HHgO3S2. The summed E-state index contributed by atoms with van der Waals surface area (Å²) >= 11 is 3.77. The molecule has 0 fully saturated rings. The van der Waals surface area contributed by atoms with Gasteiger partial charge in [-0.3, -0.25) is 0 Å². The third kappa shape index (κ3) is 5.23. The molecule has 0 rings (SSSR count). The number of hydrogen-bond acceptors (Lipinski definition) is 3. The molecular weight excluding hydrogens is 313 g/mol. The minimum atomic E-state index is -3.24. The second-order valence-corrected chi connectivity index (χ2v) is 5.65. The van der Waals surface area contributed by atoms with E-state index in [9.17, 15) is 4.21 Å². The van der Waals surface area contributed by atoms with Gasteiger partial charge in [0.15, 0.2) is 0 Å². The first-order valence-electron chi connectivity index (χ1n) is 0.971. The third-order valence-electron chi connectivity index (χ3n) is 0.149. The van der Waals surface area contributed by atoms with Crippen LogP contribution < -0.4 is 0 Å². The van der Waals surface area contributed by atoms with Crippen molar-refractivity contribution in [2.75, 3.05) is 0 Å². The van der Waals surface area contributed by atoms with E-state index in [1.165, 1.54) is 0 Å². The SMILES string of the molecule is O=S(O)(=S)[O][Hg]. The Kier molecular flexibility index (Phi) is 3.03. The predicted octanol–water partition coefficient (Wildman–Crippen LogP) is -0.401. The van der Waals surface area contributed by atoms with Crippen LogP contribution in [0.1, 0.15) is 0 Å². The summed E-state index contributed by atoms with van der Waals surface area (Å²) in [5.74, 6) is 0. The molecule has 1 N–H and O–H groups in total. The predicted molar refractivity (Wildman–Crippen MR) is 19.2 cm³/mol. The molecule has 0 aliphatic heterocycles. The Labute approximate surface area is 57.4 Å². The first-order chi connectivity index (χ1) is 2.56. The van der Waals surface area contributed by atoms with Crippen molar-refractivity contribution >= 4 is 20.2 Å². The van der Waals surface area contributed by atoms with Crippen LogP contribution in [0.4, 0.5) is 0 Å². The Balaban J connectivity index is 3.85. The Morgan fingerprint density at radius 3 is 2.17 bits per heavy atom. The van der Waals surface area contributed by atoms with Crippen molar-refractivity contribution < 1.29 is 37.4 Å². The molecule has 0 aromatic heterocycles. The van der Waals surface area contributed by atoms with Gasteiger partial charge in [-0.05, 0) is 0 Å². The monoisotopic (exact) mass is 315 g/mol. The minimum absolute atomic E-state index is 0.126. The normalized spacial score (nSPS) is 19.8. The van der Waals surface area contributed by atoms with E-state index in [1.54, 1.807) is 0 Å². The molecule has 1 unspecified atom stereocenters. The van der Waals surface area contributed by atoms with Crippen molar-refractivity contribution in [3.8, 4) is 0 Å². The van der Waals surface area contributed by atoms with E-state index in [1.807, 2.05) is 0 Å². The molecule has 0 aromatic rings. The topological polar surface area (TPSA) is 46.5 Å². The van der Waals surface area contributed by atoms with Crippen LogP contribution in [0.15, 0.2) is 0 Å². The molecule has 6 heteroatoms. The summed E-state index contributed by atoms with van der Waals surface area (Å²) in [6.45, 7) is 0. The van der Waals surface area contributed by atoms with Crippen LogP contribution in [0, 0.1) is 0 Å². The Morgan fingerprint density at radius 1 is 2.00 bits per heavy atom. The molecule has 0 heterocycles. The van der Waals surface area contributed by atoms with Crippen molar-refractivity contribution in [3.05, 3.63) is 0 Å². The zero-order valence-corrected chi connectivity index (χ0v) is 9.92. The van der Waals surface area contributed by atoms with Crippen LogP contribution >= 0.6 is 0 Å². The van der Waals surface area contributed by atoms with Gasteiger partial charge in [0.25, 0.3) is 0 Å². The quantitative estimate of drug-likeness (QED) is 0.669. The standard InChI is InChI=1S/Hg.H2O3S2/c;1-5(2,3)4/h;(H2,1,2,3,4)/q+1;/p-1. The van der Waals surface area contributed by atoms with Crippen molar-refractivity contribution in [1.82, 2.24) is 0 Å². The second-order valence-electron chi connectivity index (χ2n) is 0.546. The van der Waals surface area contributed by atoms with Crippen LogP contribution in [-0.2, 0) is 48.9 Å². The van der Waals surface area contributed by atoms with Gasteiger partial charge in [-0.1, -0.05) is 0 Å². The van der Waals surface area contributed by atoms with Crippen LogP contribution in [0.2, 0.25) is 0 Å². The van der Waals surface area contributed by atoms with E-state index in [-0.39, 0.29) is 26.6 Å². The van der Waals surface area contributed by atoms with Crippen LogP contribution in [0.25, 0.3) is 0 Å². The molecule has 0 aromatic carbocycles. The van der Waals surface area contributed by atoms with Gasteiger partial charge in [-0.25, -0.2) is 0 Å². The summed E-state index contributed by atoms with van der Waals surface area (Å²) in [6.07, 6.45) is 0. The number of rotatable bonds is 1. The molecule has 1 atom stereocenters. The molecule has 0 radical (unpaired) electrons. The summed E-state index contributed by atoms with van der Waals surface area (Å²) in [5.41, 5.74) is 0. The van der Waals surface area contributed by atoms with Gasteiger partial charge in [0, 0.05) is 0 Å². The zero-order chi connectivity index (χ0) is 5.21. The summed E-state index contributed by atoms with van der Waals surface area (Å²) in [5, 5.41) is 0. The van der Waals surface area contributed by atoms with Gasteiger partial charge >= 0.3 is 57.7 Å².